The van der Waals surface area contributed by atoms with Gasteiger partial charge in [0.05, 0.1) is 5.52 Å². The van der Waals surface area contributed by atoms with Gasteiger partial charge in [-0.2, -0.15) is 5.10 Å². The quantitative estimate of drug-likeness (QED) is 0.940. The number of aromatic nitrogens is 2. The molecule has 0 saturated carbocycles. The maximum absolute atomic E-state index is 5.40. The molecule has 0 atom stereocenters. The molecule has 0 amide bonds. The molecule has 5 heteroatoms. The number of hydrogen-bond acceptors (Lipinski definition) is 3. The van der Waals surface area contributed by atoms with Crippen LogP contribution in [0.15, 0.2) is 22.7 Å². The summed E-state index contributed by atoms with van der Waals surface area (Å²) < 4.78 is 8.53. The van der Waals surface area contributed by atoms with Gasteiger partial charge in [0, 0.05) is 35.7 Å². The molecular formula is C14H18BrN3O. The Labute approximate surface area is 121 Å². The van der Waals surface area contributed by atoms with E-state index >= 15 is 0 Å². The Morgan fingerprint density at radius 3 is 2.95 bits per heavy atom. The summed E-state index contributed by atoms with van der Waals surface area (Å²) in [4.78, 5) is 0. The van der Waals surface area contributed by atoms with Crippen molar-refractivity contribution in [2.45, 2.75) is 32.4 Å². The van der Waals surface area contributed by atoms with E-state index < -0.39 is 0 Å². The molecule has 1 aliphatic heterocycles. The van der Waals surface area contributed by atoms with Crippen molar-refractivity contribution in [2.24, 2.45) is 0 Å². The average molecular weight is 324 g/mol. The number of ether oxygens (including phenoxy) is 1. The Kier molecular flexibility index (Phi) is 3.75. The van der Waals surface area contributed by atoms with Gasteiger partial charge < -0.3 is 10.1 Å². The minimum Gasteiger partial charge on any atom is -0.381 e. The van der Waals surface area contributed by atoms with Gasteiger partial charge in [-0.05, 0) is 38.0 Å². The van der Waals surface area contributed by atoms with Gasteiger partial charge in [0.15, 0.2) is 5.82 Å². The molecule has 4 nitrogen and oxygen atoms in total. The summed E-state index contributed by atoms with van der Waals surface area (Å²) in [6, 6.07) is 6.79. The molecule has 1 aliphatic rings. The summed E-state index contributed by atoms with van der Waals surface area (Å²) in [7, 11) is 0. The highest BCUT2D eigenvalue weighted by Gasteiger charge is 2.17. The normalized spacial score (nSPS) is 16.9. The Bertz CT molecular complexity index is 575. The van der Waals surface area contributed by atoms with Crippen LogP contribution in [-0.2, 0) is 11.3 Å². The summed E-state index contributed by atoms with van der Waals surface area (Å²) in [6.45, 7) is 4.68. The lowest BCUT2D eigenvalue weighted by Crippen LogP contribution is -2.28. The molecule has 0 bridgehead atoms. The second kappa shape index (κ2) is 5.51. The van der Waals surface area contributed by atoms with Crippen LogP contribution in [0.25, 0.3) is 10.9 Å². The highest BCUT2D eigenvalue weighted by molar-refractivity contribution is 9.10. The van der Waals surface area contributed by atoms with Crippen LogP contribution in [0.2, 0.25) is 0 Å². The van der Waals surface area contributed by atoms with Crippen molar-refractivity contribution in [1.29, 1.82) is 0 Å². The van der Waals surface area contributed by atoms with Gasteiger partial charge in [-0.1, -0.05) is 15.9 Å². The van der Waals surface area contributed by atoms with Crippen molar-refractivity contribution in [3.63, 3.8) is 0 Å². The lowest BCUT2D eigenvalue weighted by Gasteiger charge is -2.23. The van der Waals surface area contributed by atoms with E-state index in [1.165, 1.54) is 10.9 Å². The van der Waals surface area contributed by atoms with Crippen molar-refractivity contribution in [3.8, 4) is 0 Å². The molecule has 102 valence electrons. The zero-order valence-corrected chi connectivity index (χ0v) is 12.6. The Balaban J connectivity index is 1.94. The number of aryl methyl sites for hydroxylation is 1. The summed E-state index contributed by atoms with van der Waals surface area (Å²) in [5, 5.41) is 9.45. The van der Waals surface area contributed by atoms with Gasteiger partial charge in [0.1, 0.15) is 0 Å². The second-order valence-electron chi connectivity index (χ2n) is 4.86. The number of rotatable bonds is 3. The fourth-order valence-electron chi connectivity index (χ4n) is 2.53. The molecule has 1 saturated heterocycles. The lowest BCUT2D eigenvalue weighted by atomic mass is 10.1. The molecule has 0 unspecified atom stereocenters. The third-order valence-electron chi connectivity index (χ3n) is 3.58. The fourth-order valence-corrected chi connectivity index (χ4v) is 2.88. The van der Waals surface area contributed by atoms with Crippen LogP contribution < -0.4 is 5.32 Å². The molecule has 2 aromatic rings. The molecule has 19 heavy (non-hydrogen) atoms. The van der Waals surface area contributed by atoms with Crippen LogP contribution in [0.4, 0.5) is 5.82 Å². The number of hydrogen-bond donors (Lipinski definition) is 1. The first kappa shape index (κ1) is 12.9. The van der Waals surface area contributed by atoms with Gasteiger partial charge >= 0.3 is 0 Å². The molecule has 3 rings (SSSR count). The monoisotopic (exact) mass is 323 g/mol. The van der Waals surface area contributed by atoms with Crippen molar-refractivity contribution in [2.75, 3.05) is 18.5 Å². The molecule has 0 radical (unpaired) electrons. The van der Waals surface area contributed by atoms with Crippen LogP contribution in [0, 0.1) is 0 Å². The molecule has 0 spiro atoms. The minimum absolute atomic E-state index is 0.473. The van der Waals surface area contributed by atoms with Crippen LogP contribution in [0.1, 0.15) is 19.8 Å². The molecule has 1 fully saturated rings. The van der Waals surface area contributed by atoms with Gasteiger partial charge in [-0.15, -0.1) is 0 Å². The number of nitrogens with zero attached hydrogens (tertiary/aromatic N) is 2. The van der Waals surface area contributed by atoms with E-state index in [1.54, 1.807) is 0 Å². The third kappa shape index (κ3) is 2.62. The third-order valence-corrected chi connectivity index (χ3v) is 4.07. The van der Waals surface area contributed by atoms with Crippen LogP contribution in [-0.4, -0.2) is 29.0 Å². The topological polar surface area (TPSA) is 39.1 Å². The van der Waals surface area contributed by atoms with E-state index in [-0.39, 0.29) is 0 Å². The average Bonchev–Trinajstić information content (AvgIpc) is 2.77. The van der Waals surface area contributed by atoms with Crippen molar-refractivity contribution < 1.29 is 4.74 Å². The number of halogens is 1. The van der Waals surface area contributed by atoms with Crippen molar-refractivity contribution in [1.82, 2.24) is 9.78 Å². The summed E-state index contributed by atoms with van der Waals surface area (Å²) in [5.74, 6) is 0.997. The SMILES string of the molecule is CCn1nc(NC2CCOCC2)c2ccc(Br)cc21. The van der Waals surface area contributed by atoms with Crippen molar-refractivity contribution in [3.05, 3.63) is 22.7 Å². The Hall–Kier alpha value is -1.07. The first-order chi connectivity index (χ1) is 9.28. The minimum atomic E-state index is 0.473. The van der Waals surface area contributed by atoms with Crippen molar-refractivity contribution >= 4 is 32.7 Å². The molecule has 1 aromatic heterocycles. The van der Waals surface area contributed by atoms with E-state index in [2.05, 4.69) is 51.5 Å². The first-order valence-electron chi connectivity index (χ1n) is 6.78. The van der Waals surface area contributed by atoms with Crippen LogP contribution in [0.5, 0.6) is 0 Å². The maximum Gasteiger partial charge on any atom is 0.156 e. The van der Waals surface area contributed by atoms with E-state index in [9.17, 15) is 0 Å². The largest absolute Gasteiger partial charge is 0.381 e. The predicted molar refractivity (Wildman–Crippen MR) is 80.6 cm³/mol. The van der Waals surface area contributed by atoms with E-state index in [1.807, 2.05) is 4.68 Å². The van der Waals surface area contributed by atoms with Crippen LogP contribution >= 0.6 is 15.9 Å². The fraction of sp³-hybridized carbons (Fsp3) is 0.500. The predicted octanol–water partition coefficient (Wildman–Crippen LogP) is 3.41. The molecule has 1 N–H and O–H groups in total. The summed E-state index contributed by atoms with van der Waals surface area (Å²) in [5.41, 5.74) is 1.17. The van der Waals surface area contributed by atoms with E-state index in [0.717, 1.165) is 42.9 Å². The number of anilines is 1. The second-order valence-corrected chi connectivity index (χ2v) is 5.77. The Morgan fingerprint density at radius 1 is 1.42 bits per heavy atom. The van der Waals surface area contributed by atoms with Crippen LogP contribution in [0.3, 0.4) is 0 Å². The summed E-state index contributed by atoms with van der Waals surface area (Å²) in [6.07, 6.45) is 2.11. The molecule has 0 aliphatic carbocycles. The molecular weight excluding hydrogens is 306 g/mol. The molecule has 1 aromatic carbocycles. The number of nitrogens with one attached hydrogen (secondary N) is 1. The number of fused-ring (bicyclic) bond motifs is 1. The standard InChI is InChI=1S/C14H18BrN3O/c1-2-18-13-9-10(15)3-4-12(13)14(17-18)16-11-5-7-19-8-6-11/h3-4,9,11H,2,5-8H2,1H3,(H,16,17). The van der Waals surface area contributed by atoms with Gasteiger partial charge in [0.2, 0.25) is 0 Å². The first-order valence-corrected chi connectivity index (χ1v) is 7.57. The highest BCUT2D eigenvalue weighted by atomic mass is 79.9. The lowest BCUT2D eigenvalue weighted by molar-refractivity contribution is 0.0904. The Morgan fingerprint density at radius 2 is 2.21 bits per heavy atom. The van der Waals surface area contributed by atoms with E-state index in [4.69, 9.17) is 4.74 Å². The highest BCUT2D eigenvalue weighted by Crippen LogP contribution is 2.27. The number of benzene rings is 1. The zero-order chi connectivity index (χ0) is 13.2. The smallest absolute Gasteiger partial charge is 0.156 e. The van der Waals surface area contributed by atoms with Gasteiger partial charge in [-0.25, -0.2) is 0 Å². The maximum atomic E-state index is 5.40. The van der Waals surface area contributed by atoms with Gasteiger partial charge in [0.25, 0.3) is 0 Å². The zero-order valence-electron chi connectivity index (χ0n) is 11.0. The van der Waals surface area contributed by atoms with Gasteiger partial charge in [-0.3, -0.25) is 4.68 Å². The summed E-state index contributed by atoms with van der Waals surface area (Å²) >= 11 is 3.53. The molecule has 2 heterocycles. The van der Waals surface area contributed by atoms with E-state index in [0.29, 0.717) is 6.04 Å².